The molecule has 0 radical (unpaired) electrons. The van der Waals surface area contributed by atoms with E-state index in [4.69, 9.17) is 9.47 Å². The van der Waals surface area contributed by atoms with Gasteiger partial charge >= 0.3 is 0 Å². The van der Waals surface area contributed by atoms with E-state index in [-0.39, 0.29) is 12.7 Å². The highest BCUT2D eigenvalue weighted by molar-refractivity contribution is 5.79. The van der Waals surface area contributed by atoms with Gasteiger partial charge in [-0.2, -0.15) is 0 Å². The Morgan fingerprint density at radius 1 is 1.04 bits per heavy atom. The van der Waals surface area contributed by atoms with Gasteiger partial charge in [0.1, 0.15) is 0 Å². The zero-order valence-corrected chi connectivity index (χ0v) is 15.6. The number of ether oxygens (including phenoxy) is 2. The Hall–Kier alpha value is -3.03. The van der Waals surface area contributed by atoms with Gasteiger partial charge in [0.25, 0.3) is 0 Å². The van der Waals surface area contributed by atoms with Gasteiger partial charge in [-0.1, -0.05) is 6.07 Å². The van der Waals surface area contributed by atoms with Crippen LogP contribution in [0.3, 0.4) is 0 Å². The summed E-state index contributed by atoms with van der Waals surface area (Å²) in [6.07, 6.45) is 0.369. The van der Waals surface area contributed by atoms with E-state index in [1.165, 1.54) is 0 Å². The molecule has 0 N–H and O–H groups in total. The molecule has 142 valence electrons. The number of benzene rings is 1. The van der Waals surface area contributed by atoms with Gasteiger partial charge < -0.3 is 24.2 Å². The highest BCUT2D eigenvalue weighted by atomic mass is 16.7. The predicted molar refractivity (Wildman–Crippen MR) is 101 cm³/mol. The minimum absolute atomic E-state index is 0.127. The van der Waals surface area contributed by atoms with Gasteiger partial charge in [0, 0.05) is 40.3 Å². The van der Waals surface area contributed by atoms with Crippen molar-refractivity contribution >= 4 is 17.5 Å². The van der Waals surface area contributed by atoms with Crippen LogP contribution in [-0.4, -0.2) is 68.1 Å². The van der Waals surface area contributed by atoms with Gasteiger partial charge in [0.05, 0.1) is 6.42 Å². The second-order valence-electron chi connectivity index (χ2n) is 6.88. The third-order valence-corrected chi connectivity index (χ3v) is 4.84. The van der Waals surface area contributed by atoms with E-state index in [1.807, 2.05) is 54.2 Å². The fourth-order valence-electron chi connectivity index (χ4n) is 3.25. The van der Waals surface area contributed by atoms with Gasteiger partial charge in [-0.05, 0) is 29.8 Å². The molecule has 1 saturated heterocycles. The molecular weight excluding hydrogens is 346 g/mol. The standard InChI is InChI=1S/C19H23N5O3/c1-22(2)17-5-6-18(21-20-17)23-7-9-24(10-8-23)19(25)12-14-3-4-15-16(11-14)27-13-26-15/h3-6,11H,7-10,12-13H2,1-2H3. The number of carbonyl (C=O) groups excluding carboxylic acids is 1. The highest BCUT2D eigenvalue weighted by Crippen LogP contribution is 2.32. The van der Waals surface area contributed by atoms with Crippen LogP contribution in [0.2, 0.25) is 0 Å². The topological polar surface area (TPSA) is 71.0 Å². The maximum Gasteiger partial charge on any atom is 0.231 e. The van der Waals surface area contributed by atoms with Crippen LogP contribution in [0.1, 0.15) is 5.56 Å². The summed E-state index contributed by atoms with van der Waals surface area (Å²) in [6.45, 7) is 3.11. The molecule has 2 aromatic rings. The predicted octanol–water partition coefficient (Wildman–Crippen LogP) is 1.16. The van der Waals surface area contributed by atoms with E-state index in [2.05, 4.69) is 15.1 Å². The number of fused-ring (bicyclic) bond motifs is 1. The van der Waals surface area contributed by atoms with Crippen molar-refractivity contribution in [2.45, 2.75) is 6.42 Å². The smallest absolute Gasteiger partial charge is 0.231 e. The average Bonchev–Trinajstić information content (AvgIpc) is 3.16. The van der Waals surface area contributed by atoms with Crippen LogP contribution in [-0.2, 0) is 11.2 Å². The minimum Gasteiger partial charge on any atom is -0.454 e. The number of carbonyl (C=O) groups is 1. The van der Waals surface area contributed by atoms with E-state index in [9.17, 15) is 4.79 Å². The molecule has 0 spiro atoms. The molecule has 2 aliphatic heterocycles. The van der Waals surface area contributed by atoms with Gasteiger partial charge in [-0.25, -0.2) is 0 Å². The highest BCUT2D eigenvalue weighted by Gasteiger charge is 2.23. The summed E-state index contributed by atoms with van der Waals surface area (Å²) in [6, 6.07) is 9.60. The molecule has 27 heavy (non-hydrogen) atoms. The Kier molecular flexibility index (Phi) is 4.70. The third kappa shape index (κ3) is 3.74. The Balaban J connectivity index is 1.32. The lowest BCUT2D eigenvalue weighted by Crippen LogP contribution is -2.49. The number of nitrogens with zero attached hydrogens (tertiary/aromatic N) is 5. The molecule has 1 fully saturated rings. The minimum atomic E-state index is 0.127. The van der Waals surface area contributed by atoms with Crippen LogP contribution in [0.4, 0.5) is 11.6 Å². The quantitative estimate of drug-likeness (QED) is 0.801. The SMILES string of the molecule is CN(C)c1ccc(N2CCN(C(=O)Cc3ccc4c(c3)OCO4)CC2)nn1. The van der Waals surface area contributed by atoms with E-state index >= 15 is 0 Å². The van der Waals surface area contributed by atoms with Gasteiger partial charge in [0.2, 0.25) is 12.7 Å². The molecule has 2 aliphatic rings. The Morgan fingerprint density at radius 3 is 2.52 bits per heavy atom. The second kappa shape index (κ2) is 7.30. The first-order valence-electron chi connectivity index (χ1n) is 9.02. The van der Waals surface area contributed by atoms with Crippen LogP contribution >= 0.6 is 0 Å². The number of rotatable bonds is 4. The van der Waals surface area contributed by atoms with Crippen LogP contribution in [0.25, 0.3) is 0 Å². The molecule has 1 amide bonds. The lowest BCUT2D eigenvalue weighted by Gasteiger charge is -2.35. The first kappa shape index (κ1) is 17.4. The van der Waals surface area contributed by atoms with Crippen molar-refractivity contribution in [3.05, 3.63) is 35.9 Å². The van der Waals surface area contributed by atoms with Crippen molar-refractivity contribution in [2.24, 2.45) is 0 Å². The number of hydrogen-bond donors (Lipinski definition) is 0. The number of anilines is 2. The molecule has 0 unspecified atom stereocenters. The van der Waals surface area contributed by atoms with Crippen molar-refractivity contribution in [3.63, 3.8) is 0 Å². The van der Waals surface area contributed by atoms with Crippen LogP contribution in [0.15, 0.2) is 30.3 Å². The van der Waals surface area contributed by atoms with Gasteiger partial charge in [0.15, 0.2) is 23.1 Å². The zero-order valence-electron chi connectivity index (χ0n) is 15.6. The van der Waals surface area contributed by atoms with Crippen molar-refractivity contribution in [2.75, 3.05) is 56.9 Å². The molecule has 0 atom stereocenters. The van der Waals surface area contributed by atoms with Gasteiger partial charge in [-0.15, -0.1) is 10.2 Å². The number of aromatic nitrogens is 2. The number of hydrogen-bond acceptors (Lipinski definition) is 7. The van der Waals surface area contributed by atoms with Crippen LogP contribution in [0.5, 0.6) is 11.5 Å². The fourth-order valence-corrected chi connectivity index (χ4v) is 3.25. The summed E-state index contributed by atoms with van der Waals surface area (Å²) in [5.74, 6) is 3.26. The Labute approximate surface area is 158 Å². The molecule has 0 bridgehead atoms. The molecular formula is C19H23N5O3. The molecule has 4 rings (SSSR count). The summed E-state index contributed by atoms with van der Waals surface area (Å²) in [4.78, 5) is 18.6. The molecule has 1 aromatic carbocycles. The van der Waals surface area contributed by atoms with E-state index in [0.717, 1.165) is 36.0 Å². The maximum atomic E-state index is 12.6. The summed E-state index contributed by atoms with van der Waals surface area (Å²) in [5.41, 5.74) is 0.942. The molecule has 1 aromatic heterocycles. The third-order valence-electron chi connectivity index (χ3n) is 4.84. The van der Waals surface area contributed by atoms with E-state index in [0.29, 0.717) is 25.3 Å². The number of piperazine rings is 1. The van der Waals surface area contributed by atoms with E-state index < -0.39 is 0 Å². The fraction of sp³-hybridized carbons (Fsp3) is 0.421. The molecule has 8 nitrogen and oxygen atoms in total. The van der Waals surface area contributed by atoms with Gasteiger partial charge in [-0.3, -0.25) is 4.79 Å². The largest absolute Gasteiger partial charge is 0.454 e. The first-order valence-corrected chi connectivity index (χ1v) is 9.02. The van der Waals surface area contributed by atoms with Crippen molar-refractivity contribution in [1.29, 1.82) is 0 Å². The maximum absolute atomic E-state index is 12.6. The summed E-state index contributed by atoms with van der Waals surface area (Å²) < 4.78 is 10.7. The average molecular weight is 369 g/mol. The Bertz CT molecular complexity index is 817. The van der Waals surface area contributed by atoms with Crippen molar-refractivity contribution in [3.8, 4) is 11.5 Å². The molecule has 0 saturated carbocycles. The number of amides is 1. The zero-order chi connectivity index (χ0) is 18.8. The van der Waals surface area contributed by atoms with E-state index in [1.54, 1.807) is 0 Å². The second-order valence-corrected chi connectivity index (χ2v) is 6.88. The summed E-state index contributed by atoms with van der Waals surface area (Å²) >= 11 is 0. The molecule has 3 heterocycles. The molecule has 8 heteroatoms. The monoisotopic (exact) mass is 369 g/mol. The lowest BCUT2D eigenvalue weighted by molar-refractivity contribution is -0.130. The van der Waals surface area contributed by atoms with Crippen molar-refractivity contribution in [1.82, 2.24) is 15.1 Å². The summed E-state index contributed by atoms with van der Waals surface area (Å²) in [7, 11) is 3.88. The van der Waals surface area contributed by atoms with Crippen LogP contribution in [0, 0.1) is 0 Å². The first-order chi connectivity index (χ1) is 13.1. The lowest BCUT2D eigenvalue weighted by atomic mass is 10.1. The van der Waals surface area contributed by atoms with Crippen molar-refractivity contribution < 1.29 is 14.3 Å². The van der Waals surface area contributed by atoms with Crippen LogP contribution < -0.4 is 19.3 Å². The Morgan fingerprint density at radius 2 is 1.81 bits per heavy atom. The molecule has 0 aliphatic carbocycles. The summed E-state index contributed by atoms with van der Waals surface area (Å²) in [5, 5.41) is 8.52. The normalized spacial score (nSPS) is 15.8.